The van der Waals surface area contributed by atoms with Crippen molar-refractivity contribution in [1.82, 2.24) is 10.6 Å². The quantitative estimate of drug-likeness (QED) is 0.0672. The minimum atomic E-state index is -0.742. The van der Waals surface area contributed by atoms with Crippen molar-refractivity contribution in [3.8, 4) is 0 Å². The third-order valence-corrected chi connectivity index (χ3v) is 10.1. The van der Waals surface area contributed by atoms with Crippen LogP contribution in [-0.4, -0.2) is 40.8 Å². The van der Waals surface area contributed by atoms with Crippen LogP contribution < -0.4 is 16.4 Å². The van der Waals surface area contributed by atoms with Gasteiger partial charge in [0, 0.05) is 29.9 Å². The van der Waals surface area contributed by atoms with Crippen LogP contribution in [0.3, 0.4) is 0 Å². The fourth-order valence-corrected chi connectivity index (χ4v) is 6.75. The second-order valence-corrected chi connectivity index (χ2v) is 14.8. The fourth-order valence-electron chi connectivity index (χ4n) is 4.10. The lowest BCUT2D eigenvalue weighted by Gasteiger charge is -2.24. The van der Waals surface area contributed by atoms with Crippen LogP contribution in [0.1, 0.15) is 90.5 Å². The highest BCUT2D eigenvalue weighted by molar-refractivity contribution is 8.77. The number of hydrogen-bond donors (Lipinski definition) is 3. The summed E-state index contributed by atoms with van der Waals surface area (Å²) in [5.41, 5.74) is 6.79. The molecule has 0 aliphatic rings. The topological polar surface area (TPSA) is 101 Å². The maximum absolute atomic E-state index is 12.4. The number of aryl methyl sites for hydroxylation is 1. The van der Waals surface area contributed by atoms with E-state index in [1.165, 1.54) is 16.4 Å². The van der Waals surface area contributed by atoms with Crippen molar-refractivity contribution in [2.75, 3.05) is 12.3 Å². The molecule has 0 bridgehead atoms. The van der Waals surface area contributed by atoms with Gasteiger partial charge in [0.05, 0.1) is 0 Å². The van der Waals surface area contributed by atoms with Gasteiger partial charge in [-0.25, -0.2) is 0 Å². The molecule has 8 heteroatoms. The van der Waals surface area contributed by atoms with Crippen molar-refractivity contribution < 1.29 is 14.4 Å². The maximum Gasteiger partial charge on any atom is 0.240 e. The molecule has 258 valence electrons. The van der Waals surface area contributed by atoms with Gasteiger partial charge in [0.15, 0.2) is 0 Å². The second-order valence-electron chi connectivity index (χ2n) is 11.7. The second kappa shape index (κ2) is 27.8. The monoisotopic (exact) mass is 679 g/mol. The number of rotatable bonds is 26. The molecule has 0 saturated carbocycles. The Bertz CT molecular complexity index is 1190. The summed E-state index contributed by atoms with van der Waals surface area (Å²) in [5, 5.41) is 5.78. The first-order chi connectivity index (χ1) is 22.7. The summed E-state index contributed by atoms with van der Waals surface area (Å²) in [4.78, 5) is 36.7. The van der Waals surface area contributed by atoms with Crippen molar-refractivity contribution in [3.05, 3.63) is 109 Å². The lowest BCUT2D eigenvalue weighted by atomic mass is 10.1. The molecule has 0 aliphatic carbocycles. The molecule has 4 N–H and O–H groups in total. The number of allylic oxidation sites excluding steroid dienone is 12. The molecule has 3 amide bonds. The van der Waals surface area contributed by atoms with Crippen LogP contribution in [0.25, 0.3) is 0 Å². The van der Waals surface area contributed by atoms with E-state index in [4.69, 9.17) is 5.73 Å². The molecule has 0 unspecified atom stereocenters. The third-order valence-electron chi connectivity index (χ3n) is 6.76. The van der Waals surface area contributed by atoms with Crippen LogP contribution in [0.2, 0.25) is 0 Å². The Morgan fingerprint density at radius 3 is 1.83 bits per heavy atom. The summed E-state index contributed by atoms with van der Waals surface area (Å²) >= 11 is 0. The number of benzene rings is 1. The number of carbonyl (C=O) groups is 3. The molecule has 0 fully saturated rings. The zero-order valence-electron chi connectivity index (χ0n) is 28.7. The molecule has 47 heavy (non-hydrogen) atoms. The first kappa shape index (κ1) is 41.8. The van der Waals surface area contributed by atoms with Gasteiger partial charge in [-0.1, -0.05) is 132 Å². The number of carbonyl (C=O) groups excluding carboxylic acids is 3. The molecule has 0 heterocycles. The molecule has 0 radical (unpaired) electrons. The van der Waals surface area contributed by atoms with Crippen LogP contribution in [0.5, 0.6) is 0 Å². The number of nitrogens with one attached hydrogen (secondary N) is 2. The zero-order chi connectivity index (χ0) is 34.4. The largest absolute Gasteiger partial charge is 0.368 e. The Labute approximate surface area is 292 Å². The number of amides is 3. The minimum absolute atomic E-state index is 0.0359. The highest BCUT2D eigenvalue weighted by atomic mass is 33.1. The summed E-state index contributed by atoms with van der Waals surface area (Å²) in [7, 11) is 3.04. The highest BCUT2D eigenvalue weighted by Gasteiger charge is 2.23. The average Bonchev–Trinajstić information content (AvgIpc) is 3.05. The van der Waals surface area contributed by atoms with Gasteiger partial charge < -0.3 is 16.4 Å². The molecule has 1 aromatic carbocycles. The Morgan fingerprint density at radius 1 is 0.766 bits per heavy atom. The van der Waals surface area contributed by atoms with Gasteiger partial charge in [-0.2, -0.15) is 0 Å². The Hall–Kier alpha value is -3.23. The standard InChI is InChI=1S/C39H57N3O3S2/c1-4-5-6-7-8-9-10-11-12-13-14-15-16-17-18-19-20-21-25-30-37(44)42-35(38(40)45)32-46-47-39(2,3)33-41-36(43)31-26-29-34-27-23-22-24-28-34/h5-6,8-9,11-12,14-15,17-18,20-24,27-28,35H,4,7,10,13,16,19,25-26,29-33H2,1-3H3,(H2,40,45)(H,41,43)(H,42,44)/b6-5-,9-8-,12-11-,15-14-,18-17-,21-20-/t35-/m0/s1. The van der Waals surface area contributed by atoms with Crippen molar-refractivity contribution >= 4 is 39.3 Å². The van der Waals surface area contributed by atoms with E-state index in [1.54, 1.807) is 10.8 Å². The lowest BCUT2D eigenvalue weighted by Crippen LogP contribution is -2.46. The molecule has 0 aliphatic heterocycles. The van der Waals surface area contributed by atoms with Crippen molar-refractivity contribution in [2.24, 2.45) is 5.73 Å². The fraction of sp³-hybridized carbons (Fsp3) is 0.462. The van der Waals surface area contributed by atoms with E-state index in [-0.39, 0.29) is 16.6 Å². The van der Waals surface area contributed by atoms with Gasteiger partial charge in [-0.15, -0.1) is 0 Å². The van der Waals surface area contributed by atoms with Crippen LogP contribution in [-0.2, 0) is 20.8 Å². The van der Waals surface area contributed by atoms with Gasteiger partial charge >= 0.3 is 0 Å². The normalized spacial score (nSPS) is 13.2. The van der Waals surface area contributed by atoms with E-state index in [0.29, 0.717) is 31.6 Å². The molecule has 6 nitrogen and oxygen atoms in total. The lowest BCUT2D eigenvalue weighted by molar-refractivity contribution is -0.126. The van der Waals surface area contributed by atoms with Gasteiger partial charge in [0.1, 0.15) is 6.04 Å². The molecule has 1 aromatic rings. The molecular weight excluding hydrogens is 623 g/mol. The number of primary amides is 1. The molecule has 1 rings (SSSR count). The Kier molecular flexibility index (Phi) is 24.8. The van der Waals surface area contributed by atoms with E-state index in [9.17, 15) is 14.4 Å². The van der Waals surface area contributed by atoms with Crippen molar-refractivity contribution in [3.63, 3.8) is 0 Å². The van der Waals surface area contributed by atoms with Crippen LogP contribution >= 0.6 is 21.6 Å². The van der Waals surface area contributed by atoms with Gasteiger partial charge in [0.2, 0.25) is 17.7 Å². The summed E-state index contributed by atoms with van der Waals surface area (Å²) in [6.07, 6.45) is 34.6. The third kappa shape index (κ3) is 25.5. The van der Waals surface area contributed by atoms with Crippen molar-refractivity contribution in [2.45, 2.75) is 102 Å². The number of hydrogen-bond acceptors (Lipinski definition) is 5. The van der Waals surface area contributed by atoms with Gasteiger partial charge in [-0.3, -0.25) is 14.4 Å². The SMILES string of the molecule is CC/C=C\C/C=C\C/C=C\C/C=C\C/C=C\C/C=C\CCC(=O)N[C@@H](CSSC(C)(C)CNC(=O)CCCc1ccccc1)C(N)=O. The van der Waals surface area contributed by atoms with E-state index >= 15 is 0 Å². The van der Waals surface area contributed by atoms with E-state index in [1.807, 2.05) is 44.2 Å². The first-order valence-electron chi connectivity index (χ1n) is 16.8. The van der Waals surface area contributed by atoms with Crippen LogP contribution in [0, 0.1) is 0 Å². The Morgan fingerprint density at radius 2 is 1.30 bits per heavy atom. The molecule has 0 spiro atoms. The summed E-state index contributed by atoms with van der Waals surface area (Å²) in [5.74, 6) is -0.347. The predicted octanol–water partition coefficient (Wildman–Crippen LogP) is 8.73. The summed E-state index contributed by atoms with van der Waals surface area (Å²) in [6, 6.07) is 9.41. The van der Waals surface area contributed by atoms with E-state index in [2.05, 4.69) is 90.5 Å². The first-order valence-corrected chi connectivity index (χ1v) is 19.1. The molecule has 0 saturated heterocycles. The van der Waals surface area contributed by atoms with Crippen LogP contribution in [0.15, 0.2) is 103 Å². The maximum atomic E-state index is 12.4. The minimum Gasteiger partial charge on any atom is -0.368 e. The zero-order valence-corrected chi connectivity index (χ0v) is 30.3. The van der Waals surface area contributed by atoms with Crippen molar-refractivity contribution in [1.29, 1.82) is 0 Å². The average molecular weight is 680 g/mol. The summed E-state index contributed by atoms with van der Waals surface area (Å²) < 4.78 is -0.248. The molecule has 0 aromatic heterocycles. The Balaban J connectivity index is 2.16. The van der Waals surface area contributed by atoms with E-state index in [0.717, 1.165) is 51.4 Å². The summed E-state index contributed by atoms with van der Waals surface area (Å²) in [6.45, 7) is 6.73. The van der Waals surface area contributed by atoms with Gasteiger partial charge in [0.25, 0.3) is 0 Å². The number of nitrogens with two attached hydrogens (primary N) is 1. The van der Waals surface area contributed by atoms with Crippen LogP contribution in [0.4, 0.5) is 0 Å². The molecule has 1 atom stereocenters. The highest BCUT2D eigenvalue weighted by Crippen LogP contribution is 2.35. The predicted molar refractivity (Wildman–Crippen MR) is 205 cm³/mol. The van der Waals surface area contributed by atoms with Gasteiger partial charge in [-0.05, 0) is 77.2 Å². The molecular formula is C39H57N3O3S2. The smallest absolute Gasteiger partial charge is 0.240 e. The van der Waals surface area contributed by atoms with E-state index < -0.39 is 11.9 Å².